The molecule has 2 heterocycles. The minimum absolute atomic E-state index is 0.160. The van der Waals surface area contributed by atoms with Gasteiger partial charge in [-0.1, -0.05) is 5.16 Å². The Hall–Kier alpha value is -2.67. The first-order valence-electron chi connectivity index (χ1n) is 8.30. The summed E-state index contributed by atoms with van der Waals surface area (Å²) < 4.78 is 12.7. The van der Waals surface area contributed by atoms with E-state index in [0.717, 1.165) is 29.8 Å². The molecule has 1 aromatic carbocycles. The van der Waals surface area contributed by atoms with E-state index in [2.05, 4.69) is 15.1 Å². The summed E-state index contributed by atoms with van der Waals surface area (Å²) in [5, 5.41) is 4.10. The molecule has 0 radical (unpaired) electrons. The molecular formula is C18H20N4O3. The fourth-order valence-corrected chi connectivity index (χ4v) is 3.14. The van der Waals surface area contributed by atoms with E-state index in [9.17, 15) is 4.79 Å². The van der Waals surface area contributed by atoms with Crippen molar-refractivity contribution in [3.63, 3.8) is 0 Å². The highest BCUT2D eigenvalue weighted by Gasteiger charge is 2.47. The van der Waals surface area contributed by atoms with Crippen molar-refractivity contribution >= 4 is 0 Å². The van der Waals surface area contributed by atoms with Gasteiger partial charge in [0.2, 0.25) is 5.82 Å². The molecule has 0 amide bonds. The molecule has 4 rings (SSSR count). The van der Waals surface area contributed by atoms with Gasteiger partial charge in [-0.05, 0) is 56.9 Å². The van der Waals surface area contributed by atoms with Gasteiger partial charge < -0.3 is 14.2 Å². The summed E-state index contributed by atoms with van der Waals surface area (Å²) >= 11 is 0. The van der Waals surface area contributed by atoms with Crippen molar-refractivity contribution in [3.8, 4) is 17.1 Å². The molecule has 0 aliphatic heterocycles. The van der Waals surface area contributed by atoms with Gasteiger partial charge in [0.05, 0.1) is 5.69 Å². The standard InChI is InChI=1S/C18H20N4O3/c1-11-10-19-17(23)22(11)14-8-4-12(5-9-14)15-20-16(25-21-15)18(2,24-3)13-6-7-13/h4-5,8-10,13H,6-7H2,1-3H3,(H,19,23). The van der Waals surface area contributed by atoms with E-state index in [1.807, 2.05) is 38.1 Å². The molecule has 7 heteroatoms. The Morgan fingerprint density at radius 2 is 2.04 bits per heavy atom. The molecule has 1 N–H and O–H groups in total. The lowest BCUT2D eigenvalue weighted by molar-refractivity contribution is -0.0429. The number of methoxy groups -OCH3 is 1. The van der Waals surface area contributed by atoms with Crippen molar-refractivity contribution < 1.29 is 9.26 Å². The van der Waals surface area contributed by atoms with Crippen LogP contribution in [0.4, 0.5) is 0 Å². The number of imidazole rings is 1. The largest absolute Gasteiger partial charge is 0.368 e. The van der Waals surface area contributed by atoms with Crippen LogP contribution in [0.2, 0.25) is 0 Å². The average Bonchev–Trinajstić information content (AvgIpc) is 3.28. The van der Waals surface area contributed by atoms with E-state index in [1.54, 1.807) is 17.9 Å². The van der Waals surface area contributed by atoms with Crippen molar-refractivity contribution in [2.24, 2.45) is 5.92 Å². The number of aromatic nitrogens is 4. The first kappa shape index (κ1) is 15.8. The summed E-state index contributed by atoms with van der Waals surface area (Å²) in [7, 11) is 1.67. The van der Waals surface area contributed by atoms with Crippen molar-refractivity contribution in [2.45, 2.75) is 32.3 Å². The Morgan fingerprint density at radius 3 is 2.60 bits per heavy atom. The second-order valence-corrected chi connectivity index (χ2v) is 6.63. The average molecular weight is 340 g/mol. The van der Waals surface area contributed by atoms with Crippen LogP contribution in [-0.2, 0) is 10.3 Å². The number of hydrogen-bond donors (Lipinski definition) is 1. The molecule has 1 fully saturated rings. The molecule has 2 aromatic heterocycles. The van der Waals surface area contributed by atoms with Gasteiger partial charge in [-0.2, -0.15) is 4.98 Å². The van der Waals surface area contributed by atoms with Crippen LogP contribution in [0.25, 0.3) is 17.1 Å². The topological polar surface area (TPSA) is 85.9 Å². The first-order chi connectivity index (χ1) is 12.0. The fourth-order valence-electron chi connectivity index (χ4n) is 3.14. The summed E-state index contributed by atoms with van der Waals surface area (Å²) in [5.74, 6) is 1.45. The predicted octanol–water partition coefficient (Wildman–Crippen LogP) is 2.80. The van der Waals surface area contributed by atoms with Gasteiger partial charge in [0.15, 0.2) is 0 Å². The molecule has 0 spiro atoms. The lowest BCUT2D eigenvalue weighted by Crippen LogP contribution is -2.27. The quantitative estimate of drug-likeness (QED) is 0.772. The molecule has 130 valence electrons. The first-order valence-corrected chi connectivity index (χ1v) is 8.30. The summed E-state index contributed by atoms with van der Waals surface area (Å²) in [4.78, 5) is 19.1. The molecular weight excluding hydrogens is 320 g/mol. The van der Waals surface area contributed by atoms with E-state index < -0.39 is 5.60 Å². The second kappa shape index (κ2) is 5.70. The Labute approximate surface area is 144 Å². The number of H-pyrrole nitrogens is 1. The van der Waals surface area contributed by atoms with Crippen molar-refractivity contribution in [2.75, 3.05) is 7.11 Å². The molecule has 3 aromatic rings. The van der Waals surface area contributed by atoms with E-state index in [-0.39, 0.29) is 5.69 Å². The van der Waals surface area contributed by atoms with Gasteiger partial charge in [-0.3, -0.25) is 4.57 Å². The van der Waals surface area contributed by atoms with Crippen LogP contribution in [0.15, 0.2) is 39.8 Å². The lowest BCUT2D eigenvalue weighted by Gasteiger charge is -2.23. The van der Waals surface area contributed by atoms with Gasteiger partial charge in [0, 0.05) is 24.6 Å². The monoisotopic (exact) mass is 340 g/mol. The predicted molar refractivity (Wildman–Crippen MR) is 91.5 cm³/mol. The van der Waals surface area contributed by atoms with Crippen LogP contribution >= 0.6 is 0 Å². The van der Waals surface area contributed by atoms with Crippen LogP contribution in [-0.4, -0.2) is 26.8 Å². The highest BCUT2D eigenvalue weighted by atomic mass is 16.5. The lowest BCUT2D eigenvalue weighted by atomic mass is 10.0. The number of aryl methyl sites for hydroxylation is 1. The molecule has 0 bridgehead atoms. The van der Waals surface area contributed by atoms with Crippen molar-refractivity contribution in [3.05, 3.63) is 52.5 Å². The maximum Gasteiger partial charge on any atom is 0.330 e. The molecule has 1 aliphatic carbocycles. The Bertz CT molecular complexity index is 949. The van der Waals surface area contributed by atoms with E-state index in [0.29, 0.717) is 17.6 Å². The Kier molecular flexibility index (Phi) is 3.61. The molecule has 1 aliphatic rings. The zero-order chi connectivity index (χ0) is 17.6. The van der Waals surface area contributed by atoms with Crippen LogP contribution in [0.3, 0.4) is 0 Å². The molecule has 1 saturated carbocycles. The van der Waals surface area contributed by atoms with E-state index in [4.69, 9.17) is 9.26 Å². The van der Waals surface area contributed by atoms with Crippen LogP contribution in [0, 0.1) is 12.8 Å². The number of nitrogens with one attached hydrogen (secondary N) is 1. The molecule has 7 nitrogen and oxygen atoms in total. The third kappa shape index (κ3) is 2.60. The third-order valence-electron chi connectivity index (χ3n) is 4.98. The maximum atomic E-state index is 11.9. The summed E-state index contributed by atoms with van der Waals surface area (Å²) in [6, 6.07) is 7.49. The number of hydrogen-bond acceptors (Lipinski definition) is 5. The van der Waals surface area contributed by atoms with Crippen molar-refractivity contribution in [1.82, 2.24) is 19.7 Å². The minimum atomic E-state index is -0.527. The normalized spacial score (nSPS) is 16.8. The number of aromatic amines is 1. The third-order valence-corrected chi connectivity index (χ3v) is 4.98. The molecule has 1 atom stereocenters. The van der Waals surface area contributed by atoms with Crippen molar-refractivity contribution in [1.29, 1.82) is 0 Å². The summed E-state index contributed by atoms with van der Waals surface area (Å²) in [6.45, 7) is 3.87. The number of rotatable bonds is 5. The zero-order valence-corrected chi connectivity index (χ0v) is 14.4. The number of nitrogens with zero attached hydrogens (tertiary/aromatic N) is 3. The highest BCUT2D eigenvalue weighted by Crippen LogP contribution is 2.47. The van der Waals surface area contributed by atoms with Gasteiger partial charge in [0.25, 0.3) is 5.89 Å². The smallest absolute Gasteiger partial charge is 0.330 e. The summed E-state index contributed by atoms with van der Waals surface area (Å²) in [5.41, 5.74) is 1.78. The van der Waals surface area contributed by atoms with Gasteiger partial charge in [-0.15, -0.1) is 0 Å². The highest BCUT2D eigenvalue weighted by molar-refractivity contribution is 5.57. The maximum absolute atomic E-state index is 11.9. The van der Waals surface area contributed by atoms with E-state index in [1.165, 1.54) is 0 Å². The van der Waals surface area contributed by atoms with Crippen LogP contribution in [0.5, 0.6) is 0 Å². The summed E-state index contributed by atoms with van der Waals surface area (Å²) in [6.07, 6.45) is 3.91. The zero-order valence-electron chi connectivity index (χ0n) is 14.4. The van der Waals surface area contributed by atoms with E-state index >= 15 is 0 Å². The van der Waals surface area contributed by atoms with Gasteiger partial charge in [0.1, 0.15) is 5.60 Å². The minimum Gasteiger partial charge on any atom is -0.368 e. The second-order valence-electron chi connectivity index (χ2n) is 6.63. The fraction of sp³-hybridized carbons (Fsp3) is 0.389. The van der Waals surface area contributed by atoms with Gasteiger partial charge >= 0.3 is 5.69 Å². The number of ether oxygens (including phenoxy) is 1. The molecule has 0 saturated heterocycles. The molecule has 1 unspecified atom stereocenters. The van der Waals surface area contributed by atoms with Crippen LogP contribution in [0.1, 0.15) is 31.4 Å². The Balaban J connectivity index is 1.64. The van der Waals surface area contributed by atoms with Gasteiger partial charge in [-0.25, -0.2) is 4.79 Å². The Morgan fingerprint density at radius 1 is 1.32 bits per heavy atom. The van der Waals surface area contributed by atoms with Crippen LogP contribution < -0.4 is 5.69 Å². The molecule has 25 heavy (non-hydrogen) atoms. The SMILES string of the molecule is COC(C)(c1nc(-c2ccc(-n3c(C)c[nH]c3=O)cc2)no1)C1CC1. The number of benzene rings is 1.